The van der Waals surface area contributed by atoms with E-state index in [0.29, 0.717) is 6.42 Å². The van der Waals surface area contributed by atoms with E-state index in [0.717, 1.165) is 10.0 Å². The van der Waals surface area contributed by atoms with Crippen LogP contribution in [0, 0.1) is 5.92 Å². The molecule has 1 unspecified atom stereocenters. The smallest absolute Gasteiger partial charge is 0.340 e. The number of rotatable bonds is 4. The summed E-state index contributed by atoms with van der Waals surface area (Å²) in [5.41, 5.74) is 4.48. The van der Waals surface area contributed by atoms with Gasteiger partial charge in [-0.05, 0) is 24.1 Å². The van der Waals surface area contributed by atoms with Gasteiger partial charge in [0.1, 0.15) is 0 Å². The topological polar surface area (TPSA) is 71.1 Å². The minimum Gasteiger partial charge on any atom is -0.340 e. The van der Waals surface area contributed by atoms with Gasteiger partial charge in [0.2, 0.25) is 5.91 Å². The van der Waals surface area contributed by atoms with E-state index in [-0.39, 0.29) is 19.0 Å². The van der Waals surface area contributed by atoms with E-state index >= 15 is 0 Å². The summed E-state index contributed by atoms with van der Waals surface area (Å²) < 4.78 is 39.5. The number of alkyl halides is 3. The van der Waals surface area contributed by atoms with Crippen molar-refractivity contribution in [1.82, 2.24) is 4.90 Å². The van der Waals surface area contributed by atoms with Crippen molar-refractivity contribution in [2.24, 2.45) is 21.9 Å². The molecule has 2 aliphatic heterocycles. The van der Waals surface area contributed by atoms with Crippen LogP contribution in [0.3, 0.4) is 0 Å². The molecule has 3 rings (SSSR count). The number of carbonyl (C=O) groups excluding carboxylic acids is 1. The predicted octanol–water partition coefficient (Wildman–Crippen LogP) is 2.50. The van der Waals surface area contributed by atoms with E-state index in [4.69, 9.17) is 5.73 Å². The summed E-state index contributed by atoms with van der Waals surface area (Å²) in [7, 11) is 0. The molecule has 2 aliphatic rings. The number of amides is 1. The normalized spacial score (nSPS) is 21.0. The standard InChI is InChI=1S/C14H14BrF3N4O/c15-10-3-1-2-8(4-10)5-11(19)12(23)22-6-9(7-22)13(20-21-13)14(16,17)18/h1-4,9,11H,5-7,19H2. The molecule has 0 aromatic heterocycles. The van der Waals surface area contributed by atoms with Crippen molar-refractivity contribution >= 4 is 21.8 Å². The molecule has 1 saturated heterocycles. The molecule has 23 heavy (non-hydrogen) atoms. The SMILES string of the molecule is NC(Cc1cccc(Br)c1)C(=O)N1CC(C2(C(F)(F)F)N=N2)C1. The van der Waals surface area contributed by atoms with Crippen molar-refractivity contribution in [2.45, 2.75) is 24.3 Å². The third kappa shape index (κ3) is 2.99. The number of carbonyl (C=O) groups is 1. The van der Waals surface area contributed by atoms with Crippen LogP contribution in [0.2, 0.25) is 0 Å². The first kappa shape index (κ1) is 16.4. The maximum atomic E-state index is 12.9. The molecule has 0 bridgehead atoms. The quantitative estimate of drug-likeness (QED) is 0.857. The van der Waals surface area contributed by atoms with Crippen LogP contribution in [0.4, 0.5) is 13.2 Å². The van der Waals surface area contributed by atoms with Crippen molar-refractivity contribution in [3.63, 3.8) is 0 Å². The third-order valence-corrected chi connectivity index (χ3v) is 4.65. The summed E-state index contributed by atoms with van der Waals surface area (Å²) in [6.45, 7) is -0.0327. The molecule has 0 radical (unpaired) electrons. The summed E-state index contributed by atoms with van der Waals surface area (Å²) in [6, 6.07) is 6.61. The lowest BCUT2D eigenvalue weighted by Crippen LogP contribution is -2.62. The van der Waals surface area contributed by atoms with Gasteiger partial charge in [0.25, 0.3) is 5.66 Å². The fourth-order valence-electron chi connectivity index (χ4n) is 2.71. The zero-order chi connectivity index (χ0) is 16.8. The lowest BCUT2D eigenvalue weighted by atomic mass is 9.87. The van der Waals surface area contributed by atoms with Gasteiger partial charge in [-0.2, -0.15) is 13.2 Å². The molecule has 1 atom stereocenters. The molecule has 0 spiro atoms. The monoisotopic (exact) mass is 390 g/mol. The lowest BCUT2D eigenvalue weighted by Gasteiger charge is -2.42. The maximum absolute atomic E-state index is 12.9. The Morgan fingerprint density at radius 1 is 1.43 bits per heavy atom. The molecule has 1 aromatic rings. The molecule has 9 heteroatoms. The second kappa shape index (κ2) is 5.55. The van der Waals surface area contributed by atoms with Gasteiger partial charge in [-0.3, -0.25) is 4.79 Å². The number of nitrogens with zero attached hydrogens (tertiary/aromatic N) is 3. The summed E-state index contributed by atoms with van der Waals surface area (Å²) >= 11 is 3.33. The molecule has 1 fully saturated rings. The van der Waals surface area contributed by atoms with Gasteiger partial charge in [0.05, 0.1) is 12.0 Å². The first-order valence-electron chi connectivity index (χ1n) is 7.02. The predicted molar refractivity (Wildman–Crippen MR) is 79.5 cm³/mol. The van der Waals surface area contributed by atoms with Gasteiger partial charge in [0, 0.05) is 17.6 Å². The molecular formula is C14H14BrF3N4O. The summed E-state index contributed by atoms with van der Waals surface area (Å²) in [5.74, 6) is -1.15. The Morgan fingerprint density at radius 2 is 2.09 bits per heavy atom. The largest absolute Gasteiger partial charge is 0.438 e. The summed E-state index contributed by atoms with van der Waals surface area (Å²) in [4.78, 5) is 13.5. The highest BCUT2D eigenvalue weighted by Crippen LogP contribution is 2.52. The van der Waals surface area contributed by atoms with Crippen molar-refractivity contribution in [1.29, 1.82) is 0 Å². The highest BCUT2D eigenvalue weighted by atomic mass is 79.9. The van der Waals surface area contributed by atoms with E-state index in [1.165, 1.54) is 4.90 Å². The molecule has 0 saturated carbocycles. The zero-order valence-electron chi connectivity index (χ0n) is 11.9. The average molecular weight is 391 g/mol. The van der Waals surface area contributed by atoms with Gasteiger partial charge >= 0.3 is 6.18 Å². The van der Waals surface area contributed by atoms with Gasteiger partial charge in [-0.15, -0.1) is 10.2 Å². The Labute approximate surface area is 138 Å². The van der Waals surface area contributed by atoms with Gasteiger partial charge in [-0.1, -0.05) is 28.1 Å². The van der Waals surface area contributed by atoms with Gasteiger partial charge < -0.3 is 10.6 Å². The third-order valence-electron chi connectivity index (χ3n) is 4.16. The van der Waals surface area contributed by atoms with Crippen LogP contribution >= 0.6 is 15.9 Å². The van der Waals surface area contributed by atoms with Crippen molar-refractivity contribution in [3.05, 3.63) is 34.3 Å². The molecule has 5 nitrogen and oxygen atoms in total. The number of halogens is 4. The van der Waals surface area contributed by atoms with Crippen LogP contribution in [0.25, 0.3) is 0 Å². The highest BCUT2D eigenvalue weighted by Gasteiger charge is 2.70. The Kier molecular flexibility index (Phi) is 3.96. The van der Waals surface area contributed by atoms with E-state index in [1.54, 1.807) is 0 Å². The van der Waals surface area contributed by atoms with Crippen LogP contribution in [0.15, 0.2) is 39.0 Å². The minimum absolute atomic E-state index is 0.0163. The molecular weight excluding hydrogens is 377 g/mol. The first-order valence-corrected chi connectivity index (χ1v) is 7.82. The van der Waals surface area contributed by atoms with E-state index in [1.807, 2.05) is 24.3 Å². The number of hydrogen-bond acceptors (Lipinski definition) is 4. The molecule has 1 aromatic carbocycles. The van der Waals surface area contributed by atoms with Crippen LogP contribution in [-0.4, -0.2) is 41.8 Å². The second-order valence-corrected chi connectivity index (χ2v) is 6.72. The molecule has 124 valence electrons. The number of benzene rings is 1. The Morgan fingerprint density at radius 3 is 2.61 bits per heavy atom. The van der Waals surface area contributed by atoms with Gasteiger partial charge in [-0.25, -0.2) is 0 Å². The average Bonchev–Trinajstić information content (AvgIpc) is 3.17. The molecule has 0 aliphatic carbocycles. The minimum atomic E-state index is -4.49. The van der Waals surface area contributed by atoms with Crippen molar-refractivity contribution in [3.8, 4) is 0 Å². The first-order chi connectivity index (χ1) is 10.7. The molecule has 2 N–H and O–H groups in total. The Bertz CT molecular complexity index is 652. The van der Waals surface area contributed by atoms with Crippen molar-refractivity contribution in [2.75, 3.05) is 13.1 Å². The van der Waals surface area contributed by atoms with Crippen molar-refractivity contribution < 1.29 is 18.0 Å². The number of nitrogens with two attached hydrogens (primary N) is 1. The van der Waals surface area contributed by atoms with E-state index in [2.05, 4.69) is 26.2 Å². The van der Waals surface area contributed by atoms with Crippen LogP contribution in [0.5, 0.6) is 0 Å². The highest BCUT2D eigenvalue weighted by molar-refractivity contribution is 9.10. The Hall–Kier alpha value is -1.48. The van der Waals surface area contributed by atoms with Crippen LogP contribution < -0.4 is 5.73 Å². The van der Waals surface area contributed by atoms with Crippen LogP contribution in [-0.2, 0) is 11.2 Å². The van der Waals surface area contributed by atoms with E-state index < -0.39 is 23.8 Å². The zero-order valence-corrected chi connectivity index (χ0v) is 13.5. The maximum Gasteiger partial charge on any atom is 0.438 e. The fraction of sp³-hybridized carbons (Fsp3) is 0.500. The lowest BCUT2D eigenvalue weighted by molar-refractivity contribution is -0.192. The van der Waals surface area contributed by atoms with Crippen LogP contribution in [0.1, 0.15) is 5.56 Å². The number of hydrogen-bond donors (Lipinski definition) is 1. The summed E-state index contributed by atoms with van der Waals surface area (Å²) in [6.07, 6.45) is -4.16. The van der Waals surface area contributed by atoms with E-state index in [9.17, 15) is 18.0 Å². The molecule has 2 heterocycles. The molecule has 1 amide bonds. The number of likely N-dealkylation sites (tertiary alicyclic amines) is 1. The second-order valence-electron chi connectivity index (χ2n) is 5.80. The van der Waals surface area contributed by atoms with Gasteiger partial charge in [0.15, 0.2) is 0 Å². The fourth-order valence-corrected chi connectivity index (χ4v) is 3.16. The Balaban J connectivity index is 1.55. The summed E-state index contributed by atoms with van der Waals surface area (Å²) in [5, 5.41) is 6.34.